The van der Waals surface area contributed by atoms with Gasteiger partial charge in [0.2, 0.25) is 5.91 Å². The van der Waals surface area contributed by atoms with Crippen LogP contribution >= 0.6 is 11.3 Å². The van der Waals surface area contributed by atoms with Gasteiger partial charge in [0, 0.05) is 18.3 Å². The summed E-state index contributed by atoms with van der Waals surface area (Å²) >= 11 is 1.31. The number of carboxylic acid groups (broad SMARTS) is 1. The molecular weight excluding hydrogens is 278 g/mol. The first-order valence-electron chi connectivity index (χ1n) is 6.75. The number of nitrogens with zero attached hydrogens (tertiary/aromatic N) is 1. The van der Waals surface area contributed by atoms with E-state index in [1.165, 1.54) is 16.7 Å². The van der Waals surface area contributed by atoms with Crippen molar-refractivity contribution in [3.63, 3.8) is 0 Å². The summed E-state index contributed by atoms with van der Waals surface area (Å²) in [7, 11) is 0. The molecule has 6 nitrogen and oxygen atoms in total. The third-order valence-corrected chi connectivity index (χ3v) is 4.30. The molecule has 7 heteroatoms. The third-order valence-electron chi connectivity index (χ3n) is 3.39. The molecule has 0 spiro atoms. The average molecular weight is 297 g/mol. The Morgan fingerprint density at radius 3 is 3.05 bits per heavy atom. The molecule has 0 aromatic carbocycles. The maximum absolute atomic E-state index is 12.0. The van der Waals surface area contributed by atoms with E-state index in [1.54, 1.807) is 0 Å². The molecule has 110 valence electrons. The normalized spacial score (nSPS) is 22.4. The summed E-state index contributed by atoms with van der Waals surface area (Å²) in [5, 5.41) is 17.1. The van der Waals surface area contributed by atoms with E-state index in [0.29, 0.717) is 18.9 Å². The van der Waals surface area contributed by atoms with Crippen LogP contribution < -0.4 is 10.6 Å². The van der Waals surface area contributed by atoms with Crippen LogP contribution in [0, 0.1) is 5.92 Å². The topological polar surface area (TPSA) is 91.3 Å². The SMILES string of the molecule is CC1CCNC(C(=O)NCCc2nc(C(=O)O)cs2)C1. The molecule has 0 aliphatic carbocycles. The summed E-state index contributed by atoms with van der Waals surface area (Å²) < 4.78 is 0. The minimum absolute atomic E-state index is 0.0200. The number of carboxylic acids is 1. The van der Waals surface area contributed by atoms with Crippen molar-refractivity contribution in [2.45, 2.75) is 32.2 Å². The second-order valence-corrected chi connectivity index (χ2v) is 6.05. The lowest BCUT2D eigenvalue weighted by Crippen LogP contribution is -2.48. The van der Waals surface area contributed by atoms with E-state index in [-0.39, 0.29) is 17.6 Å². The van der Waals surface area contributed by atoms with Crippen molar-refractivity contribution < 1.29 is 14.7 Å². The first-order chi connectivity index (χ1) is 9.56. The maximum atomic E-state index is 12.0. The van der Waals surface area contributed by atoms with Gasteiger partial charge in [0.25, 0.3) is 0 Å². The van der Waals surface area contributed by atoms with Crippen molar-refractivity contribution in [3.8, 4) is 0 Å². The molecule has 0 saturated carbocycles. The summed E-state index contributed by atoms with van der Waals surface area (Å²) in [5.74, 6) is -0.424. The summed E-state index contributed by atoms with van der Waals surface area (Å²) in [6.07, 6.45) is 2.54. The lowest BCUT2D eigenvalue weighted by Gasteiger charge is -2.27. The van der Waals surface area contributed by atoms with Crippen LogP contribution in [0.15, 0.2) is 5.38 Å². The van der Waals surface area contributed by atoms with E-state index in [4.69, 9.17) is 5.11 Å². The molecule has 1 saturated heterocycles. The Kier molecular flexibility index (Phi) is 5.08. The van der Waals surface area contributed by atoms with Crippen LogP contribution in [-0.2, 0) is 11.2 Å². The molecule has 1 amide bonds. The van der Waals surface area contributed by atoms with Gasteiger partial charge in [0.1, 0.15) is 0 Å². The first-order valence-corrected chi connectivity index (χ1v) is 7.63. The number of aromatic carboxylic acids is 1. The highest BCUT2D eigenvalue weighted by Gasteiger charge is 2.24. The molecule has 2 heterocycles. The molecule has 20 heavy (non-hydrogen) atoms. The van der Waals surface area contributed by atoms with Crippen LogP contribution in [0.3, 0.4) is 0 Å². The van der Waals surface area contributed by atoms with Gasteiger partial charge in [0.05, 0.1) is 11.0 Å². The minimum Gasteiger partial charge on any atom is -0.476 e. The van der Waals surface area contributed by atoms with Gasteiger partial charge in [-0.05, 0) is 25.3 Å². The van der Waals surface area contributed by atoms with Gasteiger partial charge in [0.15, 0.2) is 5.69 Å². The Hall–Kier alpha value is -1.47. The van der Waals surface area contributed by atoms with Gasteiger partial charge in [-0.3, -0.25) is 4.79 Å². The monoisotopic (exact) mass is 297 g/mol. The first kappa shape index (κ1) is 14.9. The van der Waals surface area contributed by atoms with Gasteiger partial charge in [-0.15, -0.1) is 11.3 Å². The molecule has 2 rings (SSSR count). The largest absolute Gasteiger partial charge is 0.476 e. The van der Waals surface area contributed by atoms with Gasteiger partial charge in [-0.1, -0.05) is 6.92 Å². The second kappa shape index (κ2) is 6.81. The van der Waals surface area contributed by atoms with E-state index in [2.05, 4.69) is 22.5 Å². The van der Waals surface area contributed by atoms with Gasteiger partial charge < -0.3 is 15.7 Å². The van der Waals surface area contributed by atoms with Gasteiger partial charge in [-0.25, -0.2) is 9.78 Å². The molecule has 2 unspecified atom stereocenters. The Balaban J connectivity index is 1.74. The Morgan fingerprint density at radius 1 is 1.60 bits per heavy atom. The van der Waals surface area contributed by atoms with Crippen molar-refractivity contribution in [1.29, 1.82) is 0 Å². The number of aromatic nitrogens is 1. The minimum atomic E-state index is -1.02. The van der Waals surface area contributed by atoms with Crippen molar-refractivity contribution in [1.82, 2.24) is 15.6 Å². The molecule has 1 aliphatic heterocycles. The zero-order valence-corrected chi connectivity index (χ0v) is 12.2. The lowest BCUT2D eigenvalue weighted by molar-refractivity contribution is -0.124. The summed E-state index contributed by atoms with van der Waals surface area (Å²) in [5.41, 5.74) is 0.0686. The Labute approximate surface area is 121 Å². The standard InChI is InChI=1S/C13H19N3O3S/c1-8-2-4-14-9(6-8)12(17)15-5-3-11-16-10(7-20-11)13(18)19/h7-9,14H,2-6H2,1H3,(H,15,17)(H,18,19). The number of carbonyl (C=O) groups excluding carboxylic acids is 1. The number of nitrogens with one attached hydrogen (secondary N) is 2. The Bertz CT molecular complexity index is 489. The van der Waals surface area contributed by atoms with Crippen molar-refractivity contribution in [2.24, 2.45) is 5.92 Å². The van der Waals surface area contributed by atoms with Crippen molar-refractivity contribution >= 4 is 23.2 Å². The molecule has 0 bridgehead atoms. The number of amides is 1. The van der Waals surface area contributed by atoms with Crippen LogP contribution in [0.1, 0.15) is 35.3 Å². The molecule has 1 aliphatic rings. The quantitative estimate of drug-likeness (QED) is 0.751. The number of carbonyl (C=O) groups is 2. The fraction of sp³-hybridized carbons (Fsp3) is 0.615. The molecule has 1 aromatic rings. The fourth-order valence-corrected chi connectivity index (χ4v) is 3.02. The molecule has 1 fully saturated rings. The second-order valence-electron chi connectivity index (χ2n) is 5.11. The van der Waals surface area contributed by atoms with E-state index in [9.17, 15) is 9.59 Å². The number of rotatable bonds is 5. The molecule has 2 atom stereocenters. The maximum Gasteiger partial charge on any atom is 0.355 e. The number of hydrogen-bond donors (Lipinski definition) is 3. The summed E-state index contributed by atoms with van der Waals surface area (Å²) in [4.78, 5) is 26.6. The van der Waals surface area contributed by atoms with Crippen molar-refractivity contribution in [3.05, 3.63) is 16.1 Å². The van der Waals surface area contributed by atoms with E-state index in [0.717, 1.165) is 24.4 Å². The van der Waals surface area contributed by atoms with E-state index in [1.807, 2.05) is 0 Å². The fourth-order valence-electron chi connectivity index (χ4n) is 2.25. The van der Waals surface area contributed by atoms with Crippen LogP contribution in [0.2, 0.25) is 0 Å². The van der Waals surface area contributed by atoms with E-state index < -0.39 is 5.97 Å². The third kappa shape index (κ3) is 4.01. The lowest BCUT2D eigenvalue weighted by atomic mass is 9.94. The zero-order chi connectivity index (χ0) is 14.5. The van der Waals surface area contributed by atoms with Crippen molar-refractivity contribution in [2.75, 3.05) is 13.1 Å². The highest BCUT2D eigenvalue weighted by atomic mass is 32.1. The molecule has 0 radical (unpaired) electrons. The summed E-state index contributed by atoms with van der Waals surface area (Å²) in [6, 6.07) is -0.107. The predicted molar refractivity (Wildman–Crippen MR) is 76.0 cm³/mol. The Morgan fingerprint density at radius 2 is 2.40 bits per heavy atom. The zero-order valence-electron chi connectivity index (χ0n) is 11.4. The molecular formula is C13H19N3O3S. The van der Waals surface area contributed by atoms with Crippen LogP contribution in [0.25, 0.3) is 0 Å². The van der Waals surface area contributed by atoms with Gasteiger partial charge >= 0.3 is 5.97 Å². The molecule has 3 N–H and O–H groups in total. The highest BCUT2D eigenvalue weighted by Crippen LogP contribution is 2.15. The molecule has 1 aromatic heterocycles. The smallest absolute Gasteiger partial charge is 0.355 e. The summed E-state index contributed by atoms with van der Waals surface area (Å²) in [6.45, 7) is 3.52. The van der Waals surface area contributed by atoms with Crippen LogP contribution in [-0.4, -0.2) is 41.1 Å². The predicted octanol–water partition coefficient (Wildman–Crippen LogP) is 0.888. The van der Waals surface area contributed by atoms with Gasteiger partial charge in [-0.2, -0.15) is 0 Å². The number of thiazole rings is 1. The van der Waals surface area contributed by atoms with Crippen LogP contribution in [0.5, 0.6) is 0 Å². The number of hydrogen-bond acceptors (Lipinski definition) is 5. The number of piperidine rings is 1. The highest BCUT2D eigenvalue weighted by molar-refractivity contribution is 7.09. The van der Waals surface area contributed by atoms with Crippen LogP contribution in [0.4, 0.5) is 0 Å². The average Bonchev–Trinajstić information content (AvgIpc) is 2.87. The van der Waals surface area contributed by atoms with E-state index >= 15 is 0 Å².